The van der Waals surface area contributed by atoms with E-state index in [0.717, 1.165) is 37.9 Å². The van der Waals surface area contributed by atoms with Gasteiger partial charge in [-0.3, -0.25) is 4.99 Å². The molecular weight excluding hydrogens is 206 g/mol. The number of nitrogens with zero attached hydrogens (tertiary/aromatic N) is 2. The van der Waals surface area contributed by atoms with Crippen LogP contribution >= 0.6 is 11.8 Å². The number of hydrogen-bond acceptors (Lipinski definition) is 2. The van der Waals surface area contributed by atoms with E-state index in [4.69, 9.17) is 5.73 Å². The van der Waals surface area contributed by atoms with Gasteiger partial charge in [-0.2, -0.15) is 11.8 Å². The molecule has 0 spiro atoms. The fourth-order valence-electron chi connectivity index (χ4n) is 1.90. The number of hydrogen-bond donors (Lipinski definition) is 1. The molecule has 1 fully saturated rings. The van der Waals surface area contributed by atoms with Gasteiger partial charge in [0.05, 0.1) is 0 Å². The van der Waals surface area contributed by atoms with Gasteiger partial charge < -0.3 is 10.6 Å². The van der Waals surface area contributed by atoms with E-state index in [1.54, 1.807) is 0 Å². The third kappa shape index (κ3) is 4.78. The summed E-state index contributed by atoms with van der Waals surface area (Å²) in [5, 5.41) is 0. The molecule has 88 valence electrons. The maximum absolute atomic E-state index is 5.96. The number of likely N-dealkylation sites (tertiary alicyclic amines) is 1. The summed E-state index contributed by atoms with van der Waals surface area (Å²) in [4.78, 5) is 6.66. The summed E-state index contributed by atoms with van der Waals surface area (Å²) in [6, 6.07) is 0. The first-order valence-electron chi connectivity index (χ1n) is 5.78. The molecule has 0 radical (unpaired) electrons. The molecule has 1 atom stereocenters. The molecule has 1 rings (SSSR count). The maximum atomic E-state index is 5.96. The minimum atomic E-state index is 0.752. The number of nitrogens with two attached hydrogens (primary N) is 1. The smallest absolute Gasteiger partial charge is 0.191 e. The molecule has 0 aromatic heterocycles. The summed E-state index contributed by atoms with van der Waals surface area (Å²) in [5.41, 5.74) is 5.96. The van der Waals surface area contributed by atoms with Crippen molar-refractivity contribution in [2.45, 2.75) is 26.2 Å². The molecule has 0 amide bonds. The number of thioether (sulfide) groups is 1. The van der Waals surface area contributed by atoms with Crippen molar-refractivity contribution in [3.8, 4) is 0 Å². The van der Waals surface area contributed by atoms with Crippen molar-refractivity contribution >= 4 is 17.7 Å². The predicted molar refractivity (Wildman–Crippen MR) is 69.5 cm³/mol. The molecule has 1 unspecified atom stereocenters. The summed E-state index contributed by atoms with van der Waals surface area (Å²) < 4.78 is 0. The van der Waals surface area contributed by atoms with Crippen LogP contribution in [0.1, 0.15) is 26.2 Å². The minimum Gasteiger partial charge on any atom is -0.370 e. The van der Waals surface area contributed by atoms with Crippen LogP contribution in [0.15, 0.2) is 4.99 Å². The molecule has 1 aliphatic rings. The highest BCUT2D eigenvalue weighted by atomic mass is 32.2. The Morgan fingerprint density at radius 1 is 1.60 bits per heavy atom. The van der Waals surface area contributed by atoms with Gasteiger partial charge in [0.1, 0.15) is 0 Å². The minimum absolute atomic E-state index is 0.752. The molecule has 3 nitrogen and oxygen atoms in total. The van der Waals surface area contributed by atoms with Gasteiger partial charge in [-0.25, -0.2) is 0 Å². The molecule has 1 aliphatic heterocycles. The monoisotopic (exact) mass is 229 g/mol. The predicted octanol–water partition coefficient (Wildman–Crippen LogP) is 1.79. The molecule has 15 heavy (non-hydrogen) atoms. The van der Waals surface area contributed by atoms with Gasteiger partial charge in [-0.1, -0.05) is 6.92 Å². The molecular formula is C11H23N3S. The van der Waals surface area contributed by atoms with Crippen molar-refractivity contribution in [2.24, 2.45) is 16.6 Å². The van der Waals surface area contributed by atoms with Crippen LogP contribution in [0.4, 0.5) is 0 Å². The second kappa shape index (κ2) is 6.99. The topological polar surface area (TPSA) is 41.6 Å². The molecule has 0 aliphatic carbocycles. The van der Waals surface area contributed by atoms with Crippen molar-refractivity contribution in [3.05, 3.63) is 0 Å². The number of guanidine groups is 1. The quantitative estimate of drug-likeness (QED) is 0.454. The first-order chi connectivity index (χ1) is 7.24. The Morgan fingerprint density at radius 2 is 2.40 bits per heavy atom. The van der Waals surface area contributed by atoms with Gasteiger partial charge in [-0.05, 0) is 37.2 Å². The van der Waals surface area contributed by atoms with Crippen LogP contribution in [0.2, 0.25) is 0 Å². The Hall–Kier alpha value is -0.380. The lowest BCUT2D eigenvalue weighted by atomic mass is 10.0. The number of piperidine rings is 1. The van der Waals surface area contributed by atoms with Gasteiger partial charge in [-0.15, -0.1) is 0 Å². The van der Waals surface area contributed by atoms with Crippen molar-refractivity contribution in [3.63, 3.8) is 0 Å². The van der Waals surface area contributed by atoms with Crippen molar-refractivity contribution < 1.29 is 0 Å². The van der Waals surface area contributed by atoms with E-state index in [1.807, 2.05) is 11.8 Å². The summed E-state index contributed by atoms with van der Waals surface area (Å²) in [7, 11) is 0. The average Bonchev–Trinajstić information content (AvgIpc) is 2.24. The average molecular weight is 229 g/mol. The summed E-state index contributed by atoms with van der Waals surface area (Å²) in [5.74, 6) is 2.69. The van der Waals surface area contributed by atoms with E-state index in [2.05, 4.69) is 23.1 Å². The maximum Gasteiger partial charge on any atom is 0.191 e. The van der Waals surface area contributed by atoms with Gasteiger partial charge in [0.25, 0.3) is 0 Å². The van der Waals surface area contributed by atoms with Crippen LogP contribution in [-0.4, -0.2) is 42.5 Å². The number of rotatable bonds is 4. The highest BCUT2D eigenvalue weighted by Gasteiger charge is 2.17. The van der Waals surface area contributed by atoms with Crippen LogP contribution < -0.4 is 5.73 Å². The van der Waals surface area contributed by atoms with E-state index >= 15 is 0 Å². The van der Waals surface area contributed by atoms with Crippen molar-refractivity contribution in [1.29, 1.82) is 0 Å². The normalized spacial score (nSPS) is 23.2. The Bertz CT molecular complexity index is 206. The van der Waals surface area contributed by atoms with Crippen molar-refractivity contribution in [2.75, 3.05) is 31.6 Å². The molecule has 4 heteroatoms. The first kappa shape index (κ1) is 12.7. The summed E-state index contributed by atoms with van der Waals surface area (Å²) in [6.45, 7) is 5.32. The zero-order valence-electron chi connectivity index (χ0n) is 9.91. The molecule has 1 heterocycles. The second-order valence-corrected chi connectivity index (χ2v) is 5.27. The largest absolute Gasteiger partial charge is 0.370 e. The van der Waals surface area contributed by atoms with E-state index in [-0.39, 0.29) is 0 Å². The van der Waals surface area contributed by atoms with E-state index in [1.165, 1.54) is 18.6 Å². The van der Waals surface area contributed by atoms with Crippen LogP contribution in [-0.2, 0) is 0 Å². The molecule has 2 N–H and O–H groups in total. The highest BCUT2D eigenvalue weighted by Crippen LogP contribution is 2.14. The Balaban J connectivity index is 2.27. The van der Waals surface area contributed by atoms with E-state index in [0.29, 0.717) is 0 Å². The first-order valence-corrected chi connectivity index (χ1v) is 7.17. The van der Waals surface area contributed by atoms with Crippen LogP contribution in [0.25, 0.3) is 0 Å². The SMILES string of the molecule is CSCCCN=C(N)N1CCCC(C)C1. The molecule has 0 aromatic carbocycles. The third-order valence-electron chi connectivity index (χ3n) is 2.76. The Morgan fingerprint density at radius 3 is 3.07 bits per heavy atom. The van der Waals surface area contributed by atoms with Crippen LogP contribution in [0.5, 0.6) is 0 Å². The van der Waals surface area contributed by atoms with Gasteiger partial charge in [0, 0.05) is 19.6 Å². The van der Waals surface area contributed by atoms with Crippen LogP contribution in [0.3, 0.4) is 0 Å². The lowest BCUT2D eigenvalue weighted by Crippen LogP contribution is -2.43. The fourth-order valence-corrected chi connectivity index (χ4v) is 2.32. The lowest BCUT2D eigenvalue weighted by Gasteiger charge is -2.31. The zero-order valence-corrected chi connectivity index (χ0v) is 10.7. The van der Waals surface area contributed by atoms with Gasteiger partial charge >= 0.3 is 0 Å². The van der Waals surface area contributed by atoms with E-state index < -0.39 is 0 Å². The molecule has 0 aromatic rings. The molecule has 0 saturated carbocycles. The summed E-state index contributed by atoms with van der Waals surface area (Å²) in [6.07, 6.45) is 5.84. The fraction of sp³-hybridized carbons (Fsp3) is 0.909. The van der Waals surface area contributed by atoms with Crippen molar-refractivity contribution in [1.82, 2.24) is 4.90 Å². The highest BCUT2D eigenvalue weighted by molar-refractivity contribution is 7.98. The zero-order chi connectivity index (χ0) is 11.1. The Kier molecular flexibility index (Phi) is 5.91. The standard InChI is InChI=1S/C11H23N3S/c1-10-5-3-7-14(9-10)11(12)13-6-4-8-15-2/h10H,3-9H2,1-2H3,(H2,12,13). The Labute approximate surface area is 97.5 Å². The number of aliphatic imine (C=N–C) groups is 1. The van der Waals surface area contributed by atoms with E-state index in [9.17, 15) is 0 Å². The second-order valence-electron chi connectivity index (χ2n) is 4.28. The lowest BCUT2D eigenvalue weighted by molar-refractivity contribution is 0.270. The van der Waals surface area contributed by atoms with Gasteiger partial charge in [0.2, 0.25) is 0 Å². The van der Waals surface area contributed by atoms with Crippen LogP contribution in [0, 0.1) is 5.92 Å². The van der Waals surface area contributed by atoms with Gasteiger partial charge in [0.15, 0.2) is 5.96 Å². The third-order valence-corrected chi connectivity index (χ3v) is 3.46. The molecule has 1 saturated heterocycles. The molecule has 0 bridgehead atoms. The summed E-state index contributed by atoms with van der Waals surface area (Å²) >= 11 is 1.87.